The SMILES string of the molecule is CC(C)(C(=O)N1CCC([C@@H](O)CCc2ccccc2)CC1)N1CCCC1. The van der Waals surface area contributed by atoms with Crippen LogP contribution in [-0.4, -0.2) is 58.6 Å². The van der Waals surface area contributed by atoms with E-state index in [0.29, 0.717) is 5.92 Å². The summed E-state index contributed by atoms with van der Waals surface area (Å²) in [6.07, 6.45) is 5.69. The Kier molecular flexibility index (Phi) is 6.36. The molecule has 3 rings (SSSR count). The second kappa shape index (κ2) is 8.53. The van der Waals surface area contributed by atoms with Crippen LogP contribution in [0.1, 0.15) is 51.5 Å². The van der Waals surface area contributed by atoms with E-state index in [1.54, 1.807) is 0 Å². The third kappa shape index (κ3) is 4.47. The van der Waals surface area contributed by atoms with Gasteiger partial charge in [-0.15, -0.1) is 0 Å². The van der Waals surface area contributed by atoms with Gasteiger partial charge in [-0.3, -0.25) is 9.69 Å². The summed E-state index contributed by atoms with van der Waals surface area (Å²) in [7, 11) is 0. The standard InChI is InChI=1S/C22H34N2O2/c1-22(2,24-14-6-7-15-24)21(26)23-16-12-19(13-17-23)20(25)11-10-18-8-4-3-5-9-18/h3-5,8-9,19-20,25H,6-7,10-17H2,1-2H3/t20-/m0/s1. The molecule has 0 aliphatic carbocycles. The number of aliphatic hydroxyl groups is 1. The van der Waals surface area contributed by atoms with Crippen molar-refractivity contribution in [3.05, 3.63) is 35.9 Å². The van der Waals surface area contributed by atoms with E-state index in [1.807, 2.05) is 23.1 Å². The van der Waals surface area contributed by atoms with Crippen LogP contribution in [-0.2, 0) is 11.2 Å². The van der Waals surface area contributed by atoms with E-state index in [2.05, 4.69) is 30.9 Å². The Morgan fingerprint density at radius 2 is 1.73 bits per heavy atom. The van der Waals surface area contributed by atoms with Gasteiger partial charge in [0.25, 0.3) is 0 Å². The van der Waals surface area contributed by atoms with Crippen LogP contribution in [0.4, 0.5) is 0 Å². The monoisotopic (exact) mass is 358 g/mol. The molecule has 26 heavy (non-hydrogen) atoms. The number of amides is 1. The highest BCUT2D eigenvalue weighted by Gasteiger charge is 2.40. The van der Waals surface area contributed by atoms with E-state index in [0.717, 1.165) is 51.9 Å². The molecule has 4 nitrogen and oxygen atoms in total. The van der Waals surface area contributed by atoms with Crippen LogP contribution < -0.4 is 0 Å². The Labute approximate surface area is 158 Å². The summed E-state index contributed by atoms with van der Waals surface area (Å²) in [5.41, 5.74) is 0.890. The van der Waals surface area contributed by atoms with Gasteiger partial charge in [-0.2, -0.15) is 0 Å². The maximum atomic E-state index is 13.0. The molecule has 4 heteroatoms. The molecule has 2 saturated heterocycles. The number of rotatable bonds is 6. The average Bonchev–Trinajstić information content (AvgIpc) is 3.22. The summed E-state index contributed by atoms with van der Waals surface area (Å²) in [5.74, 6) is 0.578. The minimum absolute atomic E-state index is 0.261. The van der Waals surface area contributed by atoms with Gasteiger partial charge in [0.15, 0.2) is 0 Å². The number of hydrogen-bond donors (Lipinski definition) is 1. The second-order valence-corrected chi connectivity index (χ2v) is 8.47. The van der Waals surface area contributed by atoms with Crippen LogP contribution in [0.3, 0.4) is 0 Å². The van der Waals surface area contributed by atoms with Crippen LogP contribution in [0.5, 0.6) is 0 Å². The van der Waals surface area contributed by atoms with E-state index in [-0.39, 0.29) is 12.0 Å². The maximum absolute atomic E-state index is 13.0. The number of piperidine rings is 1. The quantitative estimate of drug-likeness (QED) is 0.850. The zero-order chi connectivity index (χ0) is 18.6. The van der Waals surface area contributed by atoms with Crippen molar-refractivity contribution in [1.29, 1.82) is 0 Å². The summed E-state index contributed by atoms with van der Waals surface area (Å²) >= 11 is 0. The molecule has 1 aromatic carbocycles. The van der Waals surface area contributed by atoms with E-state index in [9.17, 15) is 9.90 Å². The zero-order valence-corrected chi connectivity index (χ0v) is 16.4. The predicted octanol–water partition coefficient (Wildman–Crippen LogP) is 3.09. The number of nitrogens with zero attached hydrogens (tertiary/aromatic N) is 2. The first kappa shape index (κ1) is 19.4. The van der Waals surface area contributed by atoms with Crippen molar-refractivity contribution in [3.8, 4) is 0 Å². The van der Waals surface area contributed by atoms with E-state index in [1.165, 1.54) is 18.4 Å². The van der Waals surface area contributed by atoms with Crippen molar-refractivity contribution in [2.24, 2.45) is 5.92 Å². The number of benzene rings is 1. The number of carbonyl (C=O) groups excluding carboxylic acids is 1. The largest absolute Gasteiger partial charge is 0.393 e. The molecule has 0 unspecified atom stereocenters. The topological polar surface area (TPSA) is 43.8 Å². The minimum atomic E-state index is -0.394. The Balaban J connectivity index is 1.46. The molecule has 1 amide bonds. The first-order chi connectivity index (χ1) is 12.5. The summed E-state index contributed by atoms with van der Waals surface area (Å²) in [6.45, 7) is 7.77. The first-order valence-electron chi connectivity index (χ1n) is 10.2. The molecule has 1 aromatic rings. The van der Waals surface area contributed by atoms with Crippen molar-refractivity contribution >= 4 is 5.91 Å². The van der Waals surface area contributed by atoms with Crippen molar-refractivity contribution in [2.75, 3.05) is 26.2 Å². The molecule has 0 spiro atoms. The summed E-state index contributed by atoms with van der Waals surface area (Å²) in [4.78, 5) is 17.4. The van der Waals surface area contributed by atoms with Crippen molar-refractivity contribution in [1.82, 2.24) is 9.80 Å². The second-order valence-electron chi connectivity index (χ2n) is 8.47. The first-order valence-corrected chi connectivity index (χ1v) is 10.2. The number of carbonyl (C=O) groups is 1. The highest BCUT2D eigenvalue weighted by molar-refractivity contribution is 5.85. The molecule has 0 saturated carbocycles. The van der Waals surface area contributed by atoms with Gasteiger partial charge in [-0.25, -0.2) is 0 Å². The lowest BCUT2D eigenvalue weighted by atomic mass is 9.87. The molecule has 2 aliphatic heterocycles. The van der Waals surface area contributed by atoms with Gasteiger partial charge in [-0.1, -0.05) is 30.3 Å². The highest BCUT2D eigenvalue weighted by atomic mass is 16.3. The van der Waals surface area contributed by atoms with Gasteiger partial charge in [0, 0.05) is 13.1 Å². The molecule has 0 bridgehead atoms. The number of aliphatic hydroxyl groups excluding tert-OH is 1. The third-order valence-electron chi connectivity index (χ3n) is 6.36. The van der Waals surface area contributed by atoms with Gasteiger partial charge < -0.3 is 10.0 Å². The zero-order valence-electron chi connectivity index (χ0n) is 16.4. The fraction of sp³-hybridized carbons (Fsp3) is 0.682. The van der Waals surface area contributed by atoms with Gasteiger partial charge >= 0.3 is 0 Å². The normalized spacial score (nSPS) is 21.1. The molecule has 0 radical (unpaired) electrons. The fourth-order valence-electron chi connectivity index (χ4n) is 4.48. The Hall–Kier alpha value is -1.39. The van der Waals surface area contributed by atoms with E-state index in [4.69, 9.17) is 0 Å². The minimum Gasteiger partial charge on any atom is -0.393 e. The maximum Gasteiger partial charge on any atom is 0.242 e. The van der Waals surface area contributed by atoms with Crippen LogP contribution in [0.15, 0.2) is 30.3 Å². The molecular weight excluding hydrogens is 324 g/mol. The lowest BCUT2D eigenvalue weighted by Crippen LogP contribution is -2.56. The molecule has 2 aliphatic rings. The number of aryl methyl sites for hydroxylation is 1. The molecule has 2 fully saturated rings. The molecule has 144 valence electrons. The molecular formula is C22H34N2O2. The van der Waals surface area contributed by atoms with E-state index >= 15 is 0 Å². The highest BCUT2D eigenvalue weighted by Crippen LogP contribution is 2.28. The van der Waals surface area contributed by atoms with Crippen molar-refractivity contribution in [3.63, 3.8) is 0 Å². The van der Waals surface area contributed by atoms with Crippen LogP contribution in [0.2, 0.25) is 0 Å². The molecule has 0 aromatic heterocycles. The van der Waals surface area contributed by atoms with Crippen LogP contribution in [0, 0.1) is 5.92 Å². The fourth-order valence-corrected chi connectivity index (χ4v) is 4.48. The van der Waals surface area contributed by atoms with Crippen LogP contribution in [0.25, 0.3) is 0 Å². The Morgan fingerprint density at radius 1 is 1.12 bits per heavy atom. The van der Waals surface area contributed by atoms with Crippen molar-refractivity contribution < 1.29 is 9.90 Å². The van der Waals surface area contributed by atoms with Crippen molar-refractivity contribution in [2.45, 2.75) is 64.0 Å². The lowest BCUT2D eigenvalue weighted by molar-refractivity contribution is -0.144. The molecule has 2 heterocycles. The molecule has 1 N–H and O–H groups in total. The smallest absolute Gasteiger partial charge is 0.242 e. The number of hydrogen-bond acceptors (Lipinski definition) is 3. The lowest BCUT2D eigenvalue weighted by Gasteiger charge is -2.41. The number of likely N-dealkylation sites (tertiary alicyclic amines) is 2. The van der Waals surface area contributed by atoms with Gasteiger partial charge in [0.05, 0.1) is 11.6 Å². The van der Waals surface area contributed by atoms with Gasteiger partial charge in [0.1, 0.15) is 0 Å². The Bertz CT molecular complexity index is 573. The van der Waals surface area contributed by atoms with Gasteiger partial charge in [0.2, 0.25) is 5.91 Å². The average molecular weight is 359 g/mol. The summed E-state index contributed by atoms with van der Waals surface area (Å²) in [5, 5.41) is 10.6. The molecule has 1 atom stereocenters. The summed E-state index contributed by atoms with van der Waals surface area (Å²) in [6, 6.07) is 10.4. The predicted molar refractivity (Wildman–Crippen MR) is 105 cm³/mol. The van der Waals surface area contributed by atoms with E-state index < -0.39 is 5.54 Å². The van der Waals surface area contributed by atoms with Gasteiger partial charge in [-0.05, 0) is 76.9 Å². The summed E-state index contributed by atoms with van der Waals surface area (Å²) < 4.78 is 0. The third-order valence-corrected chi connectivity index (χ3v) is 6.36. The van der Waals surface area contributed by atoms with Crippen LogP contribution >= 0.6 is 0 Å². The Morgan fingerprint density at radius 3 is 2.35 bits per heavy atom.